The van der Waals surface area contributed by atoms with E-state index in [1.807, 2.05) is 0 Å². The normalized spacial score (nSPS) is 32.0. The van der Waals surface area contributed by atoms with Gasteiger partial charge in [-0.15, -0.1) is 0 Å². The maximum atomic E-state index is 12.8. The van der Waals surface area contributed by atoms with Crippen LogP contribution in [0.2, 0.25) is 0 Å². The SMILES string of the molecule is COc1cccc(CCOC2OC(CO)C(OC(=O)C=Cc3ccc(O)c(O)c3)C(OC3OC(C)C(O)C(O)C3O)C2O)c1O. The van der Waals surface area contributed by atoms with Gasteiger partial charge in [-0.25, -0.2) is 4.79 Å². The number of rotatable bonds is 11. The summed E-state index contributed by atoms with van der Waals surface area (Å²) < 4.78 is 33.4. The first-order valence-electron chi connectivity index (χ1n) is 14.1. The van der Waals surface area contributed by atoms with Crippen LogP contribution in [0.1, 0.15) is 18.1 Å². The monoisotopic (exact) mass is 638 g/mol. The Labute approximate surface area is 258 Å². The molecule has 0 aromatic heterocycles. The smallest absolute Gasteiger partial charge is 0.331 e. The number of phenolic OH excluding ortho intramolecular Hbond substituents is 3. The lowest BCUT2D eigenvalue weighted by atomic mass is 9.97. The van der Waals surface area contributed by atoms with Crippen LogP contribution in [0.5, 0.6) is 23.0 Å². The van der Waals surface area contributed by atoms with Gasteiger partial charge in [0.05, 0.1) is 26.4 Å². The molecule has 2 aromatic rings. The number of benzene rings is 2. The first-order valence-corrected chi connectivity index (χ1v) is 14.1. The van der Waals surface area contributed by atoms with Gasteiger partial charge in [0.15, 0.2) is 41.7 Å². The zero-order chi connectivity index (χ0) is 32.8. The second-order valence-electron chi connectivity index (χ2n) is 10.6. The molecular formula is C30H38O15. The summed E-state index contributed by atoms with van der Waals surface area (Å²) in [6, 6.07) is 8.73. The molecule has 2 fully saturated rings. The Bertz CT molecular complexity index is 1320. The molecule has 2 saturated heterocycles. The van der Waals surface area contributed by atoms with Gasteiger partial charge in [-0.1, -0.05) is 18.2 Å². The molecule has 248 valence electrons. The second-order valence-corrected chi connectivity index (χ2v) is 10.6. The molecule has 0 spiro atoms. The van der Waals surface area contributed by atoms with Gasteiger partial charge >= 0.3 is 5.97 Å². The molecule has 10 unspecified atom stereocenters. The van der Waals surface area contributed by atoms with E-state index in [1.165, 1.54) is 38.3 Å². The highest BCUT2D eigenvalue weighted by atomic mass is 16.7. The van der Waals surface area contributed by atoms with Gasteiger partial charge in [0, 0.05) is 11.6 Å². The van der Waals surface area contributed by atoms with Gasteiger partial charge in [0.2, 0.25) is 0 Å². The van der Waals surface area contributed by atoms with Gasteiger partial charge < -0.3 is 69.3 Å². The maximum Gasteiger partial charge on any atom is 0.331 e. The predicted molar refractivity (Wildman–Crippen MR) is 152 cm³/mol. The molecular weight excluding hydrogens is 600 g/mol. The van der Waals surface area contributed by atoms with Crippen LogP contribution >= 0.6 is 0 Å². The summed E-state index contributed by atoms with van der Waals surface area (Å²) in [5.41, 5.74) is 0.816. The Hall–Kier alpha value is -3.51. The summed E-state index contributed by atoms with van der Waals surface area (Å²) in [5, 5.41) is 81.9. The van der Waals surface area contributed by atoms with E-state index in [-0.39, 0.29) is 30.3 Å². The molecule has 15 heteroatoms. The zero-order valence-electron chi connectivity index (χ0n) is 24.4. The number of aliphatic hydroxyl groups is 5. The van der Waals surface area contributed by atoms with Gasteiger partial charge in [0.25, 0.3) is 0 Å². The molecule has 15 nitrogen and oxygen atoms in total. The van der Waals surface area contributed by atoms with Crippen LogP contribution in [-0.2, 0) is 34.9 Å². The average molecular weight is 639 g/mol. The van der Waals surface area contributed by atoms with Crippen molar-refractivity contribution in [1.29, 1.82) is 0 Å². The van der Waals surface area contributed by atoms with E-state index in [1.54, 1.807) is 18.2 Å². The highest BCUT2D eigenvalue weighted by Gasteiger charge is 2.52. The van der Waals surface area contributed by atoms with Crippen LogP contribution in [0.25, 0.3) is 6.08 Å². The third-order valence-electron chi connectivity index (χ3n) is 7.51. The summed E-state index contributed by atoms with van der Waals surface area (Å²) in [6.45, 7) is 0.601. The topological polar surface area (TPSA) is 234 Å². The number of aliphatic hydroxyl groups excluding tert-OH is 5. The van der Waals surface area contributed by atoms with E-state index in [4.69, 9.17) is 28.4 Å². The minimum Gasteiger partial charge on any atom is -0.504 e. The van der Waals surface area contributed by atoms with E-state index in [2.05, 4.69) is 0 Å². The number of ether oxygens (including phenoxy) is 6. The summed E-state index contributed by atoms with van der Waals surface area (Å²) in [4.78, 5) is 12.8. The number of aromatic hydroxyl groups is 3. The fraction of sp³-hybridized carbons (Fsp3) is 0.500. The Morgan fingerprint density at radius 1 is 0.911 bits per heavy atom. The van der Waals surface area contributed by atoms with Crippen molar-refractivity contribution in [3.63, 3.8) is 0 Å². The number of phenols is 3. The minimum atomic E-state index is -1.77. The van der Waals surface area contributed by atoms with Crippen LogP contribution < -0.4 is 4.74 Å². The molecule has 2 aliphatic rings. The van der Waals surface area contributed by atoms with E-state index in [0.717, 1.165) is 6.08 Å². The number of para-hydroxylation sites is 1. The molecule has 0 aliphatic carbocycles. The fourth-order valence-electron chi connectivity index (χ4n) is 4.96. The molecule has 2 heterocycles. The first-order chi connectivity index (χ1) is 21.4. The first kappa shape index (κ1) is 34.4. The van der Waals surface area contributed by atoms with Crippen LogP contribution in [0.15, 0.2) is 42.5 Å². The van der Waals surface area contributed by atoms with Crippen molar-refractivity contribution >= 4 is 12.0 Å². The van der Waals surface area contributed by atoms with E-state index < -0.39 is 79.7 Å². The van der Waals surface area contributed by atoms with Crippen molar-refractivity contribution in [2.45, 2.75) is 74.8 Å². The maximum absolute atomic E-state index is 12.8. The lowest BCUT2D eigenvalue weighted by Crippen LogP contribution is -2.65. The van der Waals surface area contributed by atoms with Crippen LogP contribution in [-0.4, -0.2) is 129 Å². The average Bonchev–Trinajstić information content (AvgIpc) is 3.02. The van der Waals surface area contributed by atoms with Crippen molar-refractivity contribution in [2.24, 2.45) is 0 Å². The molecule has 2 aromatic carbocycles. The van der Waals surface area contributed by atoms with Crippen LogP contribution in [0, 0.1) is 0 Å². The molecule has 2 aliphatic heterocycles. The summed E-state index contributed by atoms with van der Waals surface area (Å²) >= 11 is 0. The number of esters is 1. The van der Waals surface area contributed by atoms with Crippen LogP contribution in [0.4, 0.5) is 0 Å². The predicted octanol–water partition coefficient (Wildman–Crippen LogP) is -0.713. The Morgan fingerprint density at radius 3 is 2.36 bits per heavy atom. The Morgan fingerprint density at radius 2 is 1.67 bits per heavy atom. The molecule has 0 radical (unpaired) electrons. The molecule has 10 atom stereocenters. The largest absolute Gasteiger partial charge is 0.504 e. The standard InChI is InChI=1S/C30H38O15/c1-14-22(35)24(37)25(38)30(42-14)45-28-26(39)29(41-11-10-16-4-3-5-19(40-2)23(16)36)43-20(13-31)27(28)44-21(34)9-7-15-6-8-17(32)18(33)12-15/h3-9,12,14,20,22,24-33,35-39H,10-11,13H2,1-2H3. The zero-order valence-corrected chi connectivity index (χ0v) is 24.4. The van der Waals surface area contributed by atoms with E-state index >= 15 is 0 Å². The summed E-state index contributed by atoms with van der Waals surface area (Å²) in [6.07, 6.45) is -12.6. The highest BCUT2D eigenvalue weighted by Crippen LogP contribution is 2.33. The van der Waals surface area contributed by atoms with Crippen molar-refractivity contribution in [1.82, 2.24) is 0 Å². The summed E-state index contributed by atoms with van der Waals surface area (Å²) in [5.74, 6) is -1.58. The van der Waals surface area contributed by atoms with Gasteiger partial charge in [-0.3, -0.25) is 0 Å². The molecule has 4 rings (SSSR count). The number of hydrogen-bond donors (Lipinski definition) is 8. The third kappa shape index (κ3) is 8.02. The van der Waals surface area contributed by atoms with Crippen molar-refractivity contribution < 1.29 is 74.1 Å². The van der Waals surface area contributed by atoms with E-state index in [0.29, 0.717) is 11.1 Å². The molecule has 8 N–H and O–H groups in total. The molecule has 45 heavy (non-hydrogen) atoms. The van der Waals surface area contributed by atoms with Gasteiger partial charge in [0.1, 0.15) is 36.6 Å². The number of carbonyl (C=O) groups excluding carboxylic acids is 1. The van der Waals surface area contributed by atoms with Crippen molar-refractivity contribution in [3.05, 3.63) is 53.6 Å². The number of methoxy groups -OCH3 is 1. The Balaban J connectivity index is 1.53. The quantitative estimate of drug-likeness (QED) is 0.0862. The van der Waals surface area contributed by atoms with Crippen molar-refractivity contribution in [3.8, 4) is 23.0 Å². The van der Waals surface area contributed by atoms with Crippen molar-refractivity contribution in [2.75, 3.05) is 20.3 Å². The van der Waals surface area contributed by atoms with Gasteiger partial charge in [-0.2, -0.15) is 0 Å². The Kier molecular flexibility index (Phi) is 11.6. The second kappa shape index (κ2) is 15.2. The number of carbonyl (C=O) groups is 1. The molecule has 0 bridgehead atoms. The van der Waals surface area contributed by atoms with Gasteiger partial charge in [-0.05, 0) is 43.2 Å². The van der Waals surface area contributed by atoms with Crippen LogP contribution in [0.3, 0.4) is 0 Å². The fourth-order valence-corrected chi connectivity index (χ4v) is 4.96. The molecule has 0 saturated carbocycles. The minimum absolute atomic E-state index is 0.0928. The molecule has 0 amide bonds. The third-order valence-corrected chi connectivity index (χ3v) is 7.51. The highest BCUT2D eigenvalue weighted by molar-refractivity contribution is 5.87. The lowest BCUT2D eigenvalue weighted by Gasteiger charge is -2.46. The lowest BCUT2D eigenvalue weighted by molar-refractivity contribution is -0.357. The summed E-state index contributed by atoms with van der Waals surface area (Å²) in [7, 11) is 1.40. The number of hydrogen-bond acceptors (Lipinski definition) is 15. The van der Waals surface area contributed by atoms with E-state index in [9.17, 15) is 45.6 Å².